The van der Waals surface area contributed by atoms with Gasteiger partial charge in [0.1, 0.15) is 16.8 Å². The maximum absolute atomic E-state index is 15.0. The van der Waals surface area contributed by atoms with Gasteiger partial charge in [-0.2, -0.15) is 0 Å². The van der Waals surface area contributed by atoms with Crippen LogP contribution in [0.1, 0.15) is 170 Å². The van der Waals surface area contributed by atoms with Gasteiger partial charge in [0.15, 0.2) is 6.10 Å². The van der Waals surface area contributed by atoms with Crippen molar-refractivity contribution in [3.05, 3.63) is 0 Å². The van der Waals surface area contributed by atoms with E-state index in [9.17, 15) is 34.5 Å². The van der Waals surface area contributed by atoms with Crippen LogP contribution in [0.4, 0.5) is 0 Å². The standard InChI is InChI=1S/C46H68O14/c1-8-39(6,34(49)59-45-18-28-14-41(23-45,22-42(52,15-28)25-45)36(51)57-32-11-9-10-12-55-32)21-40(7,20-37(2,3)33(48)56-30-13-31(47)58-38(30,4)5)35(50)60-46-19-29-16-43(53,26-46)24-44(54,17-29)27-46/h28-30,32,52-54H,8-27H2,1-7H3. The second-order valence-electron chi connectivity index (χ2n) is 23.2. The van der Waals surface area contributed by atoms with Gasteiger partial charge >= 0.3 is 29.8 Å². The Morgan fingerprint density at radius 2 is 1.27 bits per heavy atom. The molecule has 2 aliphatic heterocycles. The van der Waals surface area contributed by atoms with Gasteiger partial charge in [0.2, 0.25) is 6.29 Å². The van der Waals surface area contributed by atoms with Gasteiger partial charge in [-0.3, -0.25) is 24.0 Å². The molecule has 0 aromatic rings. The van der Waals surface area contributed by atoms with E-state index in [1.165, 1.54) is 0 Å². The van der Waals surface area contributed by atoms with Gasteiger partial charge in [-0.25, -0.2) is 0 Å². The van der Waals surface area contributed by atoms with E-state index in [1.807, 2.05) is 6.92 Å². The lowest BCUT2D eigenvalue weighted by Crippen LogP contribution is -2.67. The van der Waals surface area contributed by atoms with Crippen molar-refractivity contribution in [2.24, 2.45) is 33.5 Å². The first-order chi connectivity index (χ1) is 27.7. The molecule has 10 atom stereocenters. The summed E-state index contributed by atoms with van der Waals surface area (Å²) in [6.07, 6.45) is 5.17. The zero-order chi connectivity index (χ0) is 43.6. The normalized spacial score (nSPS) is 43.1. The topological polar surface area (TPSA) is 201 Å². The van der Waals surface area contributed by atoms with Crippen molar-refractivity contribution in [1.29, 1.82) is 0 Å². The van der Waals surface area contributed by atoms with E-state index in [0.29, 0.717) is 51.6 Å². The summed E-state index contributed by atoms with van der Waals surface area (Å²) < 4.78 is 36.2. The fourth-order valence-electron chi connectivity index (χ4n) is 14.4. The van der Waals surface area contributed by atoms with Crippen LogP contribution < -0.4 is 0 Å². The largest absolute Gasteiger partial charge is 0.458 e. The monoisotopic (exact) mass is 844 g/mol. The predicted molar refractivity (Wildman–Crippen MR) is 211 cm³/mol. The Morgan fingerprint density at radius 3 is 1.78 bits per heavy atom. The minimum absolute atomic E-state index is 0.0248. The number of carbonyl (C=O) groups excluding carboxylic acids is 5. The number of rotatable bonds is 13. The van der Waals surface area contributed by atoms with Gasteiger partial charge in [0.25, 0.3) is 0 Å². The summed E-state index contributed by atoms with van der Waals surface area (Å²) in [7, 11) is 0. The Morgan fingerprint density at radius 1 is 0.700 bits per heavy atom. The van der Waals surface area contributed by atoms with Crippen LogP contribution in [-0.4, -0.2) is 97.8 Å². The zero-order valence-electron chi connectivity index (χ0n) is 36.8. The second-order valence-corrected chi connectivity index (χ2v) is 23.2. The summed E-state index contributed by atoms with van der Waals surface area (Å²) in [4.78, 5) is 70.2. The Bertz CT molecular complexity index is 1780. The van der Waals surface area contributed by atoms with Gasteiger partial charge in [-0.05, 0) is 130 Å². The van der Waals surface area contributed by atoms with Crippen LogP contribution >= 0.6 is 0 Å². The third-order valence-corrected chi connectivity index (χ3v) is 16.1. The van der Waals surface area contributed by atoms with Crippen LogP contribution in [0.25, 0.3) is 0 Å². The van der Waals surface area contributed by atoms with E-state index in [-0.39, 0.29) is 76.0 Å². The minimum atomic E-state index is -1.51. The molecule has 0 amide bonds. The number of aliphatic hydroxyl groups is 3. The van der Waals surface area contributed by atoms with Crippen LogP contribution in [-0.2, 0) is 52.4 Å². The predicted octanol–water partition coefficient (Wildman–Crippen LogP) is 5.66. The first kappa shape index (κ1) is 43.8. The first-order valence-electron chi connectivity index (χ1n) is 22.6. The number of esters is 5. The van der Waals surface area contributed by atoms with E-state index in [0.717, 1.165) is 12.8 Å². The molecule has 2 saturated heterocycles. The minimum Gasteiger partial charge on any atom is -0.458 e. The number of carbonyl (C=O) groups is 5. The maximum atomic E-state index is 15.0. The van der Waals surface area contributed by atoms with Crippen molar-refractivity contribution in [2.45, 2.75) is 216 Å². The van der Waals surface area contributed by atoms with Crippen molar-refractivity contribution in [3.8, 4) is 0 Å². The van der Waals surface area contributed by atoms with Crippen molar-refractivity contribution in [3.63, 3.8) is 0 Å². The van der Waals surface area contributed by atoms with E-state index >= 15 is 4.79 Å². The number of ether oxygens (including phenoxy) is 6. The van der Waals surface area contributed by atoms with E-state index in [2.05, 4.69) is 0 Å². The molecule has 336 valence electrons. The van der Waals surface area contributed by atoms with Crippen LogP contribution in [0, 0.1) is 33.5 Å². The summed E-state index contributed by atoms with van der Waals surface area (Å²) in [6.45, 7) is 12.5. The van der Waals surface area contributed by atoms with Crippen molar-refractivity contribution in [1.82, 2.24) is 0 Å². The molecular weight excluding hydrogens is 776 g/mol. The smallest absolute Gasteiger partial charge is 0.314 e. The molecule has 0 aromatic heterocycles. The lowest BCUT2D eigenvalue weighted by atomic mass is 9.46. The van der Waals surface area contributed by atoms with Gasteiger partial charge in [-0.1, -0.05) is 6.92 Å². The Kier molecular flexibility index (Phi) is 10.3. The summed E-state index contributed by atoms with van der Waals surface area (Å²) in [5, 5.41) is 35.0. The Labute approximate surface area is 353 Å². The molecule has 0 radical (unpaired) electrons. The lowest BCUT2D eigenvalue weighted by molar-refractivity contribution is -0.265. The molecule has 60 heavy (non-hydrogen) atoms. The third kappa shape index (κ3) is 7.90. The maximum Gasteiger partial charge on any atom is 0.314 e. The van der Waals surface area contributed by atoms with E-state index < -0.39 is 97.5 Å². The molecule has 0 spiro atoms. The van der Waals surface area contributed by atoms with Crippen LogP contribution in [0.2, 0.25) is 0 Å². The zero-order valence-corrected chi connectivity index (χ0v) is 36.8. The first-order valence-corrected chi connectivity index (χ1v) is 22.6. The van der Waals surface area contributed by atoms with Gasteiger partial charge < -0.3 is 43.7 Å². The van der Waals surface area contributed by atoms with E-state index in [4.69, 9.17) is 28.4 Å². The summed E-state index contributed by atoms with van der Waals surface area (Å²) in [6, 6.07) is 0. The highest BCUT2D eigenvalue weighted by Gasteiger charge is 2.69. The highest BCUT2D eigenvalue weighted by atomic mass is 16.7. The molecular formula is C46H68O14. The molecule has 8 aliphatic carbocycles. The molecule has 8 bridgehead atoms. The lowest BCUT2D eigenvalue weighted by Gasteiger charge is -2.63. The molecule has 10 rings (SSSR count). The average molecular weight is 845 g/mol. The third-order valence-electron chi connectivity index (χ3n) is 16.1. The van der Waals surface area contributed by atoms with Gasteiger partial charge in [0.05, 0.1) is 51.5 Å². The number of hydrogen-bond acceptors (Lipinski definition) is 14. The Balaban J connectivity index is 1.06. The van der Waals surface area contributed by atoms with E-state index in [1.54, 1.807) is 41.5 Å². The second kappa shape index (κ2) is 14.1. The molecule has 0 aromatic carbocycles. The molecule has 2 heterocycles. The fraction of sp³-hybridized carbons (Fsp3) is 0.891. The van der Waals surface area contributed by atoms with Crippen LogP contribution in [0.3, 0.4) is 0 Å². The quantitative estimate of drug-likeness (QED) is 0.151. The summed E-state index contributed by atoms with van der Waals surface area (Å²) in [5.41, 5.74) is -12.0. The molecule has 10 unspecified atom stereocenters. The van der Waals surface area contributed by atoms with Gasteiger partial charge in [0, 0.05) is 38.5 Å². The average Bonchev–Trinajstić information content (AvgIpc) is 3.34. The highest BCUT2D eigenvalue weighted by molar-refractivity contribution is 5.84. The van der Waals surface area contributed by atoms with Crippen molar-refractivity contribution >= 4 is 29.8 Å². The molecule has 8 saturated carbocycles. The summed E-state index contributed by atoms with van der Waals surface area (Å²) in [5.74, 6) is -2.85. The molecule has 14 heteroatoms. The number of cyclic esters (lactones) is 1. The molecule has 14 nitrogen and oxygen atoms in total. The molecule has 10 fully saturated rings. The molecule has 3 N–H and O–H groups in total. The SMILES string of the molecule is CCC(C)(CC(C)(CC(C)(C)C(=O)OC1CC(=O)OC1(C)C)C(=O)OC12CC3CC(O)(CC(O)(C3)C1)C2)C(=O)OC12CC3CC(O)(C1)CC(C(=O)OC1CCCCO1)(C3)C2. The van der Waals surface area contributed by atoms with Crippen molar-refractivity contribution < 1.29 is 67.7 Å². The molecule has 10 aliphatic rings. The Hall–Kier alpha value is -2.81. The van der Waals surface area contributed by atoms with Crippen molar-refractivity contribution in [2.75, 3.05) is 6.61 Å². The van der Waals surface area contributed by atoms with Gasteiger partial charge in [-0.15, -0.1) is 0 Å². The van der Waals surface area contributed by atoms with Crippen LogP contribution in [0.15, 0.2) is 0 Å². The summed E-state index contributed by atoms with van der Waals surface area (Å²) >= 11 is 0. The van der Waals surface area contributed by atoms with Crippen LogP contribution in [0.5, 0.6) is 0 Å². The fourth-order valence-corrected chi connectivity index (χ4v) is 14.4. The number of hydrogen-bond donors (Lipinski definition) is 3. The highest BCUT2D eigenvalue weighted by Crippen LogP contribution is 2.66.